The molecule has 0 radical (unpaired) electrons. The minimum absolute atomic E-state index is 0.166. The fourth-order valence-electron chi connectivity index (χ4n) is 3.62. The summed E-state index contributed by atoms with van der Waals surface area (Å²) in [6, 6.07) is 4.45. The van der Waals surface area contributed by atoms with Gasteiger partial charge in [0.05, 0.1) is 7.11 Å². The molecule has 2 aliphatic heterocycles. The van der Waals surface area contributed by atoms with Crippen molar-refractivity contribution in [3.63, 3.8) is 0 Å². The second-order valence-electron chi connectivity index (χ2n) is 7.68. The largest absolute Gasteiger partial charge is 0.481 e. The number of carbonyl (C=O) groups excluding carboxylic acids is 1. The van der Waals surface area contributed by atoms with Crippen LogP contribution in [0.1, 0.15) is 39.2 Å². The van der Waals surface area contributed by atoms with Crippen molar-refractivity contribution in [1.29, 1.82) is 0 Å². The highest BCUT2D eigenvalue weighted by Gasteiger charge is 2.44. The fraction of sp³-hybridized carbons (Fsp3) is 0.667. The van der Waals surface area contributed by atoms with Crippen LogP contribution < -0.4 is 4.74 Å². The Morgan fingerprint density at radius 2 is 1.92 bits per heavy atom. The van der Waals surface area contributed by atoms with Crippen molar-refractivity contribution in [2.75, 3.05) is 20.2 Å². The van der Waals surface area contributed by atoms with Crippen molar-refractivity contribution < 1.29 is 14.3 Å². The lowest BCUT2D eigenvalue weighted by Crippen LogP contribution is -2.56. The number of ether oxygens (including phenoxy) is 2. The number of rotatable bonds is 3. The molecule has 2 aliphatic rings. The summed E-state index contributed by atoms with van der Waals surface area (Å²) >= 11 is 0. The Balaban J connectivity index is 1.61. The van der Waals surface area contributed by atoms with Crippen LogP contribution in [0.3, 0.4) is 0 Å². The number of fused-ring (bicyclic) bond motifs is 2. The van der Waals surface area contributed by atoms with Crippen molar-refractivity contribution in [3.8, 4) is 5.88 Å². The molecule has 6 nitrogen and oxygen atoms in total. The monoisotopic (exact) mass is 333 g/mol. The standard InChI is InChI=1S/C18H27N3O3/c1-18(2,3)24-17(22)21-14-6-7-15(21)12-20(11-14)10-13-5-8-16(23-4)19-9-13/h5,8-9,14-15H,6-7,10-12H2,1-4H3. The first-order valence-corrected chi connectivity index (χ1v) is 8.58. The fourth-order valence-corrected chi connectivity index (χ4v) is 3.62. The second-order valence-corrected chi connectivity index (χ2v) is 7.68. The predicted molar refractivity (Wildman–Crippen MR) is 90.9 cm³/mol. The number of piperazine rings is 1. The lowest BCUT2D eigenvalue weighted by atomic mass is 10.1. The third-order valence-corrected chi connectivity index (χ3v) is 4.58. The lowest BCUT2D eigenvalue weighted by Gasteiger charge is -2.41. The van der Waals surface area contributed by atoms with E-state index >= 15 is 0 Å². The summed E-state index contributed by atoms with van der Waals surface area (Å²) in [6.45, 7) is 8.38. The zero-order valence-corrected chi connectivity index (χ0v) is 15.0. The molecule has 2 bridgehead atoms. The minimum atomic E-state index is -0.442. The van der Waals surface area contributed by atoms with Gasteiger partial charge in [0.2, 0.25) is 5.88 Å². The number of carbonyl (C=O) groups is 1. The normalized spacial score (nSPS) is 24.1. The summed E-state index contributed by atoms with van der Waals surface area (Å²) in [6.07, 6.45) is 3.81. The molecule has 132 valence electrons. The molecule has 1 aromatic heterocycles. The van der Waals surface area contributed by atoms with Crippen LogP contribution in [0.2, 0.25) is 0 Å². The van der Waals surface area contributed by atoms with Crippen LogP contribution in [0.5, 0.6) is 5.88 Å². The molecule has 24 heavy (non-hydrogen) atoms. The summed E-state index contributed by atoms with van der Waals surface area (Å²) < 4.78 is 10.7. The Morgan fingerprint density at radius 3 is 2.42 bits per heavy atom. The number of pyridine rings is 1. The molecular weight excluding hydrogens is 306 g/mol. The number of hydrogen-bond donors (Lipinski definition) is 0. The molecule has 3 rings (SSSR count). The van der Waals surface area contributed by atoms with Gasteiger partial charge in [0.15, 0.2) is 0 Å². The molecule has 2 atom stereocenters. The van der Waals surface area contributed by atoms with Crippen LogP contribution >= 0.6 is 0 Å². The van der Waals surface area contributed by atoms with Crippen LogP contribution in [0.25, 0.3) is 0 Å². The SMILES string of the molecule is COc1ccc(CN2CC3CCC(C2)N3C(=O)OC(C)(C)C)cn1. The van der Waals surface area contributed by atoms with Crippen molar-refractivity contribution in [2.45, 2.75) is 57.8 Å². The van der Waals surface area contributed by atoms with Crippen LogP contribution in [0.4, 0.5) is 4.79 Å². The van der Waals surface area contributed by atoms with E-state index in [-0.39, 0.29) is 18.2 Å². The zero-order chi connectivity index (χ0) is 17.3. The summed E-state index contributed by atoms with van der Waals surface area (Å²) in [5, 5.41) is 0. The molecule has 0 spiro atoms. The highest BCUT2D eigenvalue weighted by molar-refractivity contribution is 5.69. The zero-order valence-electron chi connectivity index (χ0n) is 15.0. The van der Waals surface area contributed by atoms with Gasteiger partial charge in [-0.25, -0.2) is 9.78 Å². The Kier molecular flexibility index (Phi) is 4.67. The van der Waals surface area contributed by atoms with Gasteiger partial charge < -0.3 is 9.47 Å². The first-order valence-electron chi connectivity index (χ1n) is 8.58. The maximum atomic E-state index is 12.5. The molecule has 0 saturated carbocycles. The van der Waals surface area contributed by atoms with E-state index in [1.165, 1.54) is 5.56 Å². The number of amides is 1. The molecule has 2 saturated heterocycles. The molecule has 6 heteroatoms. The van der Waals surface area contributed by atoms with Gasteiger partial charge in [0.1, 0.15) is 5.60 Å². The summed E-state index contributed by atoms with van der Waals surface area (Å²) in [5.41, 5.74) is 0.725. The molecule has 1 aromatic rings. The van der Waals surface area contributed by atoms with E-state index in [0.717, 1.165) is 32.5 Å². The van der Waals surface area contributed by atoms with Gasteiger partial charge in [0, 0.05) is 44.0 Å². The lowest BCUT2D eigenvalue weighted by molar-refractivity contribution is -0.00543. The second kappa shape index (κ2) is 6.59. The van der Waals surface area contributed by atoms with Gasteiger partial charge in [-0.1, -0.05) is 6.07 Å². The van der Waals surface area contributed by atoms with Crippen molar-refractivity contribution in [1.82, 2.24) is 14.8 Å². The summed E-state index contributed by atoms with van der Waals surface area (Å²) in [5.74, 6) is 0.633. The average molecular weight is 333 g/mol. The maximum absolute atomic E-state index is 12.5. The quantitative estimate of drug-likeness (QED) is 0.851. The molecule has 0 aliphatic carbocycles. The van der Waals surface area contributed by atoms with Crippen molar-refractivity contribution in [2.24, 2.45) is 0 Å². The van der Waals surface area contributed by atoms with E-state index in [9.17, 15) is 4.79 Å². The molecule has 3 heterocycles. The van der Waals surface area contributed by atoms with E-state index in [1.807, 2.05) is 44.0 Å². The topological polar surface area (TPSA) is 54.9 Å². The van der Waals surface area contributed by atoms with Crippen LogP contribution in [-0.2, 0) is 11.3 Å². The van der Waals surface area contributed by atoms with Gasteiger partial charge >= 0.3 is 6.09 Å². The Hall–Kier alpha value is -1.82. The Labute approximate surface area is 143 Å². The Morgan fingerprint density at radius 1 is 1.25 bits per heavy atom. The van der Waals surface area contributed by atoms with Gasteiger partial charge in [-0.05, 0) is 39.2 Å². The van der Waals surface area contributed by atoms with Gasteiger partial charge in [-0.3, -0.25) is 9.80 Å². The highest BCUT2D eigenvalue weighted by Crippen LogP contribution is 2.32. The first-order chi connectivity index (χ1) is 11.4. The number of methoxy groups -OCH3 is 1. The number of likely N-dealkylation sites (tertiary alicyclic amines) is 1. The van der Waals surface area contributed by atoms with Crippen LogP contribution in [0, 0.1) is 0 Å². The van der Waals surface area contributed by atoms with Crippen LogP contribution in [-0.4, -0.2) is 58.8 Å². The first kappa shape index (κ1) is 17.0. The molecule has 2 fully saturated rings. The number of aromatic nitrogens is 1. The highest BCUT2D eigenvalue weighted by atomic mass is 16.6. The van der Waals surface area contributed by atoms with E-state index in [0.29, 0.717) is 5.88 Å². The minimum Gasteiger partial charge on any atom is -0.481 e. The van der Waals surface area contributed by atoms with Crippen LogP contribution in [0.15, 0.2) is 18.3 Å². The van der Waals surface area contributed by atoms with E-state index in [2.05, 4.69) is 9.88 Å². The predicted octanol–water partition coefficient (Wildman–Crippen LogP) is 2.67. The van der Waals surface area contributed by atoms with Crippen molar-refractivity contribution >= 4 is 6.09 Å². The summed E-state index contributed by atoms with van der Waals surface area (Å²) in [7, 11) is 1.62. The number of hydrogen-bond acceptors (Lipinski definition) is 5. The molecule has 1 amide bonds. The van der Waals surface area contributed by atoms with Gasteiger partial charge in [-0.2, -0.15) is 0 Å². The van der Waals surface area contributed by atoms with E-state index < -0.39 is 5.60 Å². The van der Waals surface area contributed by atoms with E-state index in [4.69, 9.17) is 9.47 Å². The molecule has 0 aromatic carbocycles. The third-order valence-electron chi connectivity index (χ3n) is 4.58. The third kappa shape index (κ3) is 3.80. The maximum Gasteiger partial charge on any atom is 0.410 e. The summed E-state index contributed by atoms with van der Waals surface area (Å²) in [4.78, 5) is 21.1. The Bertz CT molecular complexity index is 568. The molecule has 2 unspecified atom stereocenters. The number of nitrogens with zero attached hydrogens (tertiary/aromatic N) is 3. The average Bonchev–Trinajstić information content (AvgIpc) is 2.78. The molecular formula is C18H27N3O3. The van der Waals surface area contributed by atoms with E-state index in [1.54, 1.807) is 7.11 Å². The van der Waals surface area contributed by atoms with Crippen molar-refractivity contribution in [3.05, 3.63) is 23.9 Å². The van der Waals surface area contributed by atoms with Gasteiger partial charge in [0.25, 0.3) is 0 Å². The van der Waals surface area contributed by atoms with Gasteiger partial charge in [-0.15, -0.1) is 0 Å². The molecule has 0 N–H and O–H groups in total. The smallest absolute Gasteiger partial charge is 0.410 e.